The summed E-state index contributed by atoms with van der Waals surface area (Å²) in [6.45, 7) is 2.61. The molecule has 0 bridgehead atoms. The predicted molar refractivity (Wildman–Crippen MR) is 130 cm³/mol. The van der Waals surface area contributed by atoms with Gasteiger partial charge >= 0.3 is 0 Å². The number of nitrogens with zero attached hydrogens (tertiary/aromatic N) is 3. The van der Waals surface area contributed by atoms with Crippen LogP contribution in [0.1, 0.15) is 11.1 Å². The summed E-state index contributed by atoms with van der Waals surface area (Å²) in [5, 5.41) is 9.78. The molecule has 5 aromatic rings. The van der Waals surface area contributed by atoms with E-state index in [0.717, 1.165) is 49.9 Å². The van der Waals surface area contributed by atoms with Gasteiger partial charge in [-0.1, -0.05) is 54.1 Å². The van der Waals surface area contributed by atoms with Gasteiger partial charge in [-0.05, 0) is 36.8 Å². The third kappa shape index (κ3) is 4.15. The number of rotatable bonds is 6. The lowest BCUT2D eigenvalue weighted by atomic mass is 10.1. The molecular formula is C27H24N4O2. The number of nitrogens with one attached hydrogen (secondary N) is 1. The van der Waals surface area contributed by atoms with Crippen LogP contribution in [0.2, 0.25) is 0 Å². The average Bonchev–Trinajstić information content (AvgIpc) is 3.22. The summed E-state index contributed by atoms with van der Waals surface area (Å²) in [7, 11) is 1.63. The van der Waals surface area contributed by atoms with Crippen LogP contribution in [0.5, 0.6) is 5.75 Å². The molecule has 0 aliphatic rings. The van der Waals surface area contributed by atoms with E-state index in [1.807, 2.05) is 72.9 Å². The molecule has 1 N–H and O–H groups in total. The van der Waals surface area contributed by atoms with E-state index < -0.39 is 0 Å². The largest absolute Gasteiger partial charge is 0.497 e. The monoisotopic (exact) mass is 436 g/mol. The molecule has 2 aromatic heterocycles. The first-order valence-electron chi connectivity index (χ1n) is 10.8. The van der Waals surface area contributed by atoms with E-state index in [1.54, 1.807) is 11.8 Å². The van der Waals surface area contributed by atoms with Gasteiger partial charge in [-0.3, -0.25) is 14.5 Å². The standard InChI is InChI=1S/C27H24N4O2/c1-18-8-13-24-22(14-18)27-23(16-28-24)26(20-6-4-3-5-7-20)30-31(27)17-25(32)29-15-19-9-11-21(33-2)12-10-19/h3-14,16H,15,17H2,1-2H3,(H,29,32). The molecule has 6 heteroatoms. The minimum absolute atomic E-state index is 0.104. The normalized spacial score (nSPS) is 11.1. The van der Waals surface area contributed by atoms with Crippen molar-refractivity contribution in [3.63, 3.8) is 0 Å². The number of hydrogen-bond acceptors (Lipinski definition) is 4. The molecule has 0 saturated heterocycles. The molecule has 0 fully saturated rings. The molecule has 3 aromatic carbocycles. The van der Waals surface area contributed by atoms with Gasteiger partial charge in [0.25, 0.3) is 0 Å². The highest BCUT2D eigenvalue weighted by Crippen LogP contribution is 2.32. The van der Waals surface area contributed by atoms with Crippen molar-refractivity contribution in [3.05, 3.63) is 90.1 Å². The van der Waals surface area contributed by atoms with Gasteiger partial charge in [0.2, 0.25) is 5.91 Å². The summed E-state index contributed by atoms with van der Waals surface area (Å²) >= 11 is 0. The second kappa shape index (κ2) is 8.74. The molecule has 0 spiro atoms. The van der Waals surface area contributed by atoms with Crippen molar-refractivity contribution in [1.82, 2.24) is 20.1 Å². The first kappa shape index (κ1) is 20.7. The maximum atomic E-state index is 12.9. The lowest BCUT2D eigenvalue weighted by Gasteiger charge is -2.08. The van der Waals surface area contributed by atoms with Crippen LogP contribution < -0.4 is 10.1 Å². The molecule has 0 atom stereocenters. The molecule has 0 unspecified atom stereocenters. The number of carbonyl (C=O) groups is 1. The summed E-state index contributed by atoms with van der Waals surface area (Å²) in [5.41, 5.74) is 5.76. The van der Waals surface area contributed by atoms with Crippen molar-refractivity contribution < 1.29 is 9.53 Å². The van der Waals surface area contributed by atoms with Crippen LogP contribution in [-0.4, -0.2) is 27.8 Å². The van der Waals surface area contributed by atoms with Crippen LogP contribution in [0, 0.1) is 6.92 Å². The number of pyridine rings is 1. The average molecular weight is 437 g/mol. The molecule has 164 valence electrons. The molecule has 0 aliphatic carbocycles. The molecule has 0 radical (unpaired) electrons. The van der Waals surface area contributed by atoms with E-state index in [4.69, 9.17) is 9.84 Å². The molecule has 1 amide bonds. The van der Waals surface area contributed by atoms with Gasteiger partial charge in [0.1, 0.15) is 18.0 Å². The summed E-state index contributed by atoms with van der Waals surface area (Å²) in [4.78, 5) is 17.5. The predicted octanol–water partition coefficient (Wildman–Crippen LogP) is 4.88. The molecule has 33 heavy (non-hydrogen) atoms. The first-order valence-corrected chi connectivity index (χ1v) is 10.8. The van der Waals surface area contributed by atoms with E-state index in [-0.39, 0.29) is 12.5 Å². The fourth-order valence-electron chi connectivity index (χ4n) is 4.03. The quantitative estimate of drug-likeness (QED) is 0.412. The molecular weight excluding hydrogens is 412 g/mol. The van der Waals surface area contributed by atoms with Crippen molar-refractivity contribution in [2.45, 2.75) is 20.0 Å². The van der Waals surface area contributed by atoms with Gasteiger partial charge in [-0.25, -0.2) is 0 Å². The molecule has 6 nitrogen and oxygen atoms in total. The fraction of sp³-hybridized carbons (Fsp3) is 0.148. The van der Waals surface area contributed by atoms with Gasteiger partial charge in [-0.15, -0.1) is 0 Å². The number of carbonyl (C=O) groups excluding carboxylic acids is 1. The minimum Gasteiger partial charge on any atom is -0.497 e. The third-order valence-electron chi connectivity index (χ3n) is 5.72. The summed E-state index contributed by atoms with van der Waals surface area (Å²) in [5.74, 6) is 0.685. The zero-order valence-electron chi connectivity index (χ0n) is 18.6. The summed E-state index contributed by atoms with van der Waals surface area (Å²) < 4.78 is 6.99. The maximum absolute atomic E-state index is 12.9. The number of aromatic nitrogens is 3. The van der Waals surface area contributed by atoms with Gasteiger partial charge < -0.3 is 10.1 Å². The van der Waals surface area contributed by atoms with Crippen LogP contribution >= 0.6 is 0 Å². The van der Waals surface area contributed by atoms with Gasteiger partial charge in [0.15, 0.2) is 0 Å². The molecule has 0 saturated carbocycles. The highest BCUT2D eigenvalue weighted by Gasteiger charge is 2.17. The van der Waals surface area contributed by atoms with Crippen LogP contribution in [0.25, 0.3) is 33.1 Å². The summed E-state index contributed by atoms with van der Waals surface area (Å²) in [6, 6.07) is 23.8. The van der Waals surface area contributed by atoms with Crippen molar-refractivity contribution >= 4 is 27.7 Å². The number of amides is 1. The number of methoxy groups -OCH3 is 1. The Kier molecular flexibility index (Phi) is 5.48. The van der Waals surface area contributed by atoms with Crippen LogP contribution in [0.3, 0.4) is 0 Å². The molecule has 2 heterocycles. The van der Waals surface area contributed by atoms with Gasteiger partial charge in [-0.2, -0.15) is 5.10 Å². The topological polar surface area (TPSA) is 69.0 Å². The number of benzene rings is 3. The zero-order valence-corrected chi connectivity index (χ0v) is 18.6. The number of fused-ring (bicyclic) bond motifs is 3. The second-order valence-corrected chi connectivity index (χ2v) is 8.04. The van der Waals surface area contributed by atoms with Crippen molar-refractivity contribution in [2.24, 2.45) is 0 Å². The van der Waals surface area contributed by atoms with Crippen molar-refractivity contribution in [1.29, 1.82) is 0 Å². The van der Waals surface area contributed by atoms with E-state index in [1.165, 1.54) is 0 Å². The van der Waals surface area contributed by atoms with Crippen molar-refractivity contribution in [3.8, 4) is 17.0 Å². The Hall–Kier alpha value is -4.19. The fourth-order valence-corrected chi connectivity index (χ4v) is 4.03. The van der Waals surface area contributed by atoms with E-state index in [0.29, 0.717) is 6.54 Å². The Balaban J connectivity index is 1.50. The Morgan fingerprint density at radius 2 is 1.79 bits per heavy atom. The number of ether oxygens (including phenoxy) is 1. The molecule has 5 rings (SSSR count). The Morgan fingerprint density at radius 1 is 1.00 bits per heavy atom. The lowest BCUT2D eigenvalue weighted by molar-refractivity contribution is -0.121. The Bertz CT molecular complexity index is 1440. The smallest absolute Gasteiger partial charge is 0.242 e. The zero-order chi connectivity index (χ0) is 22.8. The van der Waals surface area contributed by atoms with Gasteiger partial charge in [0, 0.05) is 29.1 Å². The second-order valence-electron chi connectivity index (χ2n) is 8.04. The van der Waals surface area contributed by atoms with Crippen LogP contribution in [-0.2, 0) is 17.9 Å². The highest BCUT2D eigenvalue weighted by atomic mass is 16.5. The third-order valence-corrected chi connectivity index (χ3v) is 5.72. The van der Waals surface area contributed by atoms with Crippen molar-refractivity contribution in [2.75, 3.05) is 7.11 Å². The van der Waals surface area contributed by atoms with Gasteiger partial charge in [0.05, 0.1) is 18.1 Å². The Labute approximate surface area is 191 Å². The first-order chi connectivity index (χ1) is 16.1. The van der Waals surface area contributed by atoms with Crippen LogP contribution in [0.15, 0.2) is 79.0 Å². The minimum atomic E-state index is -0.104. The lowest BCUT2D eigenvalue weighted by Crippen LogP contribution is -2.27. The summed E-state index contributed by atoms with van der Waals surface area (Å²) in [6.07, 6.45) is 1.86. The molecule has 0 aliphatic heterocycles. The number of hydrogen-bond donors (Lipinski definition) is 1. The van der Waals surface area contributed by atoms with E-state index >= 15 is 0 Å². The maximum Gasteiger partial charge on any atom is 0.242 e. The highest BCUT2D eigenvalue weighted by molar-refractivity contribution is 6.08. The van der Waals surface area contributed by atoms with Crippen LogP contribution in [0.4, 0.5) is 0 Å². The number of aryl methyl sites for hydroxylation is 1. The van der Waals surface area contributed by atoms with E-state index in [9.17, 15) is 4.79 Å². The SMILES string of the molecule is COc1ccc(CNC(=O)Cn2nc(-c3ccccc3)c3cnc4ccc(C)cc4c32)cc1. The Morgan fingerprint density at radius 3 is 2.55 bits per heavy atom. The van der Waals surface area contributed by atoms with E-state index in [2.05, 4.69) is 23.3 Å².